The standard InChI is InChI=1S/C17H18O3/c1-18-17(16-12-19-13-20-16,14-8-4-2-5-9-14)15-10-6-3-7-11-15/h2-11,16H,12-13H2,1H3. The van der Waals surface area contributed by atoms with E-state index in [1.54, 1.807) is 7.11 Å². The van der Waals surface area contributed by atoms with Gasteiger partial charge in [0.1, 0.15) is 18.5 Å². The van der Waals surface area contributed by atoms with Crippen LogP contribution >= 0.6 is 0 Å². The van der Waals surface area contributed by atoms with Crippen molar-refractivity contribution < 1.29 is 14.2 Å². The third kappa shape index (κ3) is 2.14. The molecule has 0 aromatic heterocycles. The van der Waals surface area contributed by atoms with Crippen molar-refractivity contribution in [2.24, 2.45) is 0 Å². The van der Waals surface area contributed by atoms with Crippen LogP contribution in [0.5, 0.6) is 0 Å². The van der Waals surface area contributed by atoms with Gasteiger partial charge in [0, 0.05) is 7.11 Å². The van der Waals surface area contributed by atoms with E-state index in [9.17, 15) is 0 Å². The number of hydrogen-bond acceptors (Lipinski definition) is 3. The first-order valence-corrected chi connectivity index (χ1v) is 6.73. The van der Waals surface area contributed by atoms with Crippen LogP contribution in [-0.2, 0) is 19.8 Å². The maximum atomic E-state index is 5.99. The van der Waals surface area contributed by atoms with Crippen LogP contribution in [0.2, 0.25) is 0 Å². The molecule has 3 heteroatoms. The number of hydrogen-bond donors (Lipinski definition) is 0. The highest BCUT2D eigenvalue weighted by Gasteiger charge is 2.45. The summed E-state index contributed by atoms with van der Waals surface area (Å²) in [6.07, 6.45) is -0.155. The molecule has 1 heterocycles. The van der Waals surface area contributed by atoms with Gasteiger partial charge < -0.3 is 14.2 Å². The smallest absolute Gasteiger partial charge is 0.147 e. The number of benzene rings is 2. The monoisotopic (exact) mass is 270 g/mol. The summed E-state index contributed by atoms with van der Waals surface area (Å²) in [7, 11) is 1.72. The topological polar surface area (TPSA) is 27.7 Å². The zero-order valence-corrected chi connectivity index (χ0v) is 11.5. The fourth-order valence-corrected chi connectivity index (χ4v) is 2.85. The Bertz CT molecular complexity index is 493. The largest absolute Gasteiger partial charge is 0.366 e. The zero-order valence-electron chi connectivity index (χ0n) is 11.5. The maximum Gasteiger partial charge on any atom is 0.147 e. The molecule has 1 unspecified atom stereocenters. The second kappa shape index (κ2) is 5.75. The average molecular weight is 270 g/mol. The lowest BCUT2D eigenvalue weighted by Crippen LogP contribution is -2.44. The molecule has 2 aromatic carbocycles. The molecule has 0 amide bonds. The molecule has 0 N–H and O–H groups in total. The Morgan fingerprint density at radius 2 is 1.50 bits per heavy atom. The molecule has 104 valence electrons. The lowest BCUT2D eigenvalue weighted by atomic mass is 9.81. The average Bonchev–Trinajstić information content (AvgIpc) is 3.06. The fourth-order valence-electron chi connectivity index (χ4n) is 2.85. The Morgan fingerprint density at radius 3 is 1.90 bits per heavy atom. The van der Waals surface area contributed by atoms with Crippen LogP contribution in [0.25, 0.3) is 0 Å². The van der Waals surface area contributed by atoms with Crippen LogP contribution in [0, 0.1) is 0 Å². The lowest BCUT2D eigenvalue weighted by molar-refractivity contribution is -0.0861. The van der Waals surface area contributed by atoms with Gasteiger partial charge in [0.25, 0.3) is 0 Å². The van der Waals surface area contributed by atoms with Crippen molar-refractivity contribution in [3.63, 3.8) is 0 Å². The van der Waals surface area contributed by atoms with Crippen LogP contribution < -0.4 is 0 Å². The van der Waals surface area contributed by atoms with Crippen molar-refractivity contribution in [2.75, 3.05) is 20.5 Å². The second-order valence-electron chi connectivity index (χ2n) is 4.82. The molecule has 1 aliphatic heterocycles. The van der Waals surface area contributed by atoms with Gasteiger partial charge in [-0.2, -0.15) is 0 Å². The Hall–Kier alpha value is -1.68. The minimum Gasteiger partial charge on any atom is -0.366 e. The van der Waals surface area contributed by atoms with Crippen molar-refractivity contribution in [2.45, 2.75) is 11.7 Å². The van der Waals surface area contributed by atoms with Gasteiger partial charge in [0.2, 0.25) is 0 Å². The summed E-state index contributed by atoms with van der Waals surface area (Å²) in [6, 6.07) is 20.3. The highest BCUT2D eigenvalue weighted by molar-refractivity contribution is 5.38. The minimum absolute atomic E-state index is 0.155. The summed E-state index contributed by atoms with van der Waals surface area (Å²) in [5.74, 6) is 0. The van der Waals surface area contributed by atoms with E-state index in [1.807, 2.05) is 36.4 Å². The van der Waals surface area contributed by atoms with Crippen molar-refractivity contribution >= 4 is 0 Å². The zero-order chi connectivity index (χ0) is 13.8. The van der Waals surface area contributed by atoms with Gasteiger partial charge in [0.15, 0.2) is 0 Å². The highest BCUT2D eigenvalue weighted by Crippen LogP contribution is 2.39. The molecule has 1 saturated heterocycles. The summed E-state index contributed by atoms with van der Waals surface area (Å²) in [5.41, 5.74) is 1.51. The van der Waals surface area contributed by atoms with E-state index < -0.39 is 5.60 Å². The number of methoxy groups -OCH3 is 1. The minimum atomic E-state index is -0.640. The number of ether oxygens (including phenoxy) is 3. The predicted molar refractivity (Wildman–Crippen MR) is 76.4 cm³/mol. The lowest BCUT2D eigenvalue weighted by Gasteiger charge is -2.37. The van der Waals surface area contributed by atoms with Gasteiger partial charge in [-0.05, 0) is 11.1 Å². The molecule has 0 radical (unpaired) electrons. The van der Waals surface area contributed by atoms with Gasteiger partial charge in [-0.1, -0.05) is 60.7 Å². The van der Waals surface area contributed by atoms with E-state index in [1.165, 1.54) is 0 Å². The van der Waals surface area contributed by atoms with Crippen molar-refractivity contribution in [3.8, 4) is 0 Å². The molecule has 1 atom stereocenters. The molecule has 0 bridgehead atoms. The van der Waals surface area contributed by atoms with Gasteiger partial charge in [-0.15, -0.1) is 0 Å². The molecule has 0 aliphatic carbocycles. The van der Waals surface area contributed by atoms with E-state index in [2.05, 4.69) is 24.3 Å². The van der Waals surface area contributed by atoms with Crippen LogP contribution in [0.1, 0.15) is 11.1 Å². The predicted octanol–water partition coefficient (Wildman–Crippen LogP) is 2.95. The normalized spacial score (nSPS) is 19.1. The summed E-state index contributed by atoms with van der Waals surface area (Å²) in [6.45, 7) is 0.840. The fraction of sp³-hybridized carbons (Fsp3) is 0.294. The van der Waals surface area contributed by atoms with E-state index in [0.717, 1.165) is 11.1 Å². The molecule has 20 heavy (non-hydrogen) atoms. The molecule has 0 spiro atoms. The van der Waals surface area contributed by atoms with Gasteiger partial charge in [0.05, 0.1) is 6.61 Å². The summed E-state index contributed by atoms with van der Waals surface area (Å²) < 4.78 is 17.2. The first-order chi connectivity index (χ1) is 9.88. The Morgan fingerprint density at radius 1 is 0.950 bits per heavy atom. The quantitative estimate of drug-likeness (QED) is 0.855. The van der Waals surface area contributed by atoms with Crippen LogP contribution in [0.3, 0.4) is 0 Å². The molecule has 0 saturated carbocycles. The summed E-state index contributed by atoms with van der Waals surface area (Å²) in [5, 5.41) is 0. The van der Waals surface area contributed by atoms with E-state index in [0.29, 0.717) is 13.4 Å². The Labute approximate surface area is 119 Å². The number of rotatable bonds is 4. The molecule has 3 rings (SSSR count). The highest BCUT2D eigenvalue weighted by atomic mass is 16.7. The SMILES string of the molecule is COC(c1ccccc1)(c1ccccc1)C1COCO1. The van der Waals surface area contributed by atoms with Crippen molar-refractivity contribution in [1.82, 2.24) is 0 Å². The third-order valence-corrected chi connectivity index (χ3v) is 3.80. The molecule has 2 aromatic rings. The summed E-state index contributed by atoms with van der Waals surface area (Å²) >= 11 is 0. The van der Waals surface area contributed by atoms with E-state index >= 15 is 0 Å². The molecular weight excluding hydrogens is 252 g/mol. The van der Waals surface area contributed by atoms with Crippen LogP contribution in [0.4, 0.5) is 0 Å². The van der Waals surface area contributed by atoms with Crippen LogP contribution in [-0.4, -0.2) is 26.6 Å². The molecule has 3 nitrogen and oxygen atoms in total. The summed E-state index contributed by atoms with van der Waals surface area (Å²) in [4.78, 5) is 0. The van der Waals surface area contributed by atoms with E-state index in [-0.39, 0.29) is 6.10 Å². The first kappa shape index (κ1) is 13.3. The van der Waals surface area contributed by atoms with Crippen molar-refractivity contribution in [3.05, 3.63) is 71.8 Å². The van der Waals surface area contributed by atoms with Crippen LogP contribution in [0.15, 0.2) is 60.7 Å². The molecule has 1 fully saturated rings. The third-order valence-electron chi connectivity index (χ3n) is 3.80. The van der Waals surface area contributed by atoms with Crippen molar-refractivity contribution in [1.29, 1.82) is 0 Å². The van der Waals surface area contributed by atoms with Gasteiger partial charge in [-0.3, -0.25) is 0 Å². The van der Waals surface area contributed by atoms with Gasteiger partial charge >= 0.3 is 0 Å². The van der Waals surface area contributed by atoms with E-state index in [4.69, 9.17) is 14.2 Å². The molecule has 1 aliphatic rings. The Kier molecular flexibility index (Phi) is 3.83. The second-order valence-corrected chi connectivity index (χ2v) is 4.82. The van der Waals surface area contributed by atoms with Gasteiger partial charge in [-0.25, -0.2) is 0 Å². The molecular formula is C17H18O3. The Balaban J connectivity index is 2.15. The first-order valence-electron chi connectivity index (χ1n) is 6.73. The maximum absolute atomic E-state index is 5.99.